The molecule has 0 amide bonds. The minimum atomic E-state index is 0.693. The number of nitrogens with zero attached hydrogens (tertiary/aromatic N) is 1. The van der Waals surface area contributed by atoms with Gasteiger partial charge in [-0.3, -0.25) is 0 Å². The highest BCUT2D eigenvalue weighted by Crippen LogP contribution is 2.24. The number of imidazole rings is 1. The maximum absolute atomic E-state index is 4.02. The molecule has 2 aromatic rings. The molecule has 3 rings (SSSR count). The molecule has 0 atom stereocenters. The zero-order valence-electron chi connectivity index (χ0n) is 9.11. The van der Waals surface area contributed by atoms with Crippen LogP contribution >= 0.6 is 0 Å². The molecule has 0 aliphatic heterocycles. The van der Waals surface area contributed by atoms with Crippen LogP contribution in [0.25, 0.3) is 11.3 Å². The number of hydrogen-bond donors (Lipinski definition) is 2. The molecular formula is C13H15N3. The van der Waals surface area contributed by atoms with Crippen LogP contribution in [0.2, 0.25) is 0 Å². The molecule has 1 fully saturated rings. The Balaban J connectivity index is 1.74. The fourth-order valence-corrected chi connectivity index (χ4v) is 1.95. The Bertz CT molecular complexity index is 441. The second-order valence-corrected chi connectivity index (χ2v) is 4.31. The Hall–Kier alpha value is -1.77. The quantitative estimate of drug-likeness (QED) is 0.822. The minimum absolute atomic E-state index is 0.693. The zero-order valence-corrected chi connectivity index (χ0v) is 9.11. The first kappa shape index (κ1) is 9.46. The molecule has 1 saturated carbocycles. The Morgan fingerprint density at radius 1 is 1.19 bits per heavy atom. The van der Waals surface area contributed by atoms with E-state index in [4.69, 9.17) is 0 Å². The molecule has 0 spiro atoms. The lowest BCUT2D eigenvalue weighted by atomic mass is 9.93. The molecule has 3 nitrogen and oxygen atoms in total. The number of rotatable bonds is 3. The van der Waals surface area contributed by atoms with Crippen LogP contribution in [0.3, 0.4) is 0 Å². The molecule has 1 aliphatic rings. The minimum Gasteiger partial charge on any atom is -0.382 e. The van der Waals surface area contributed by atoms with Gasteiger partial charge in [0, 0.05) is 11.7 Å². The largest absolute Gasteiger partial charge is 0.382 e. The van der Waals surface area contributed by atoms with Crippen LogP contribution in [0.5, 0.6) is 0 Å². The smallest absolute Gasteiger partial charge is 0.0924 e. The summed E-state index contributed by atoms with van der Waals surface area (Å²) in [5.74, 6) is 0. The Morgan fingerprint density at radius 3 is 2.56 bits per heavy atom. The summed E-state index contributed by atoms with van der Waals surface area (Å²) < 4.78 is 0. The Labute approximate surface area is 94.9 Å². The summed E-state index contributed by atoms with van der Waals surface area (Å²) in [6.45, 7) is 0. The summed E-state index contributed by atoms with van der Waals surface area (Å²) in [5, 5.41) is 3.53. The molecule has 2 N–H and O–H groups in total. The molecule has 82 valence electrons. The summed E-state index contributed by atoms with van der Waals surface area (Å²) in [6.07, 6.45) is 7.53. The first-order valence-electron chi connectivity index (χ1n) is 5.77. The zero-order chi connectivity index (χ0) is 10.8. The topological polar surface area (TPSA) is 40.7 Å². The molecule has 0 unspecified atom stereocenters. The van der Waals surface area contributed by atoms with Crippen molar-refractivity contribution in [2.24, 2.45) is 0 Å². The van der Waals surface area contributed by atoms with E-state index in [9.17, 15) is 0 Å². The maximum atomic E-state index is 4.02. The van der Waals surface area contributed by atoms with Gasteiger partial charge in [-0.2, -0.15) is 0 Å². The lowest BCUT2D eigenvalue weighted by Gasteiger charge is -2.27. The van der Waals surface area contributed by atoms with E-state index in [-0.39, 0.29) is 0 Å². The summed E-state index contributed by atoms with van der Waals surface area (Å²) in [4.78, 5) is 7.13. The number of nitrogens with one attached hydrogen (secondary N) is 2. The SMILES string of the molecule is c1ncc(-c2ccc(NC3CCC3)cc2)[nH]1. The third-order valence-electron chi connectivity index (χ3n) is 3.17. The van der Waals surface area contributed by atoms with Gasteiger partial charge < -0.3 is 10.3 Å². The highest BCUT2D eigenvalue weighted by molar-refractivity contribution is 5.62. The number of aromatic amines is 1. The third kappa shape index (κ3) is 1.81. The van der Waals surface area contributed by atoms with Gasteiger partial charge in [0.25, 0.3) is 0 Å². The highest BCUT2D eigenvalue weighted by Gasteiger charge is 2.16. The first-order valence-corrected chi connectivity index (χ1v) is 5.77. The molecule has 1 aliphatic carbocycles. The van der Waals surface area contributed by atoms with Gasteiger partial charge in [-0.05, 0) is 37.0 Å². The molecule has 3 heteroatoms. The molecular weight excluding hydrogens is 198 g/mol. The molecule has 0 saturated heterocycles. The average Bonchev–Trinajstić information content (AvgIpc) is 2.78. The van der Waals surface area contributed by atoms with Gasteiger partial charge in [0.05, 0.1) is 18.2 Å². The van der Waals surface area contributed by atoms with Gasteiger partial charge in [0.2, 0.25) is 0 Å². The molecule has 0 radical (unpaired) electrons. The fraction of sp³-hybridized carbons (Fsp3) is 0.308. The second-order valence-electron chi connectivity index (χ2n) is 4.31. The lowest BCUT2D eigenvalue weighted by Crippen LogP contribution is -2.26. The Morgan fingerprint density at radius 2 is 2.00 bits per heavy atom. The lowest BCUT2D eigenvalue weighted by molar-refractivity contribution is 0.445. The van der Waals surface area contributed by atoms with Crippen molar-refractivity contribution >= 4 is 5.69 Å². The van der Waals surface area contributed by atoms with Gasteiger partial charge in [-0.25, -0.2) is 4.98 Å². The second kappa shape index (κ2) is 4.00. The van der Waals surface area contributed by atoms with Gasteiger partial charge in [0.1, 0.15) is 0 Å². The van der Waals surface area contributed by atoms with Crippen molar-refractivity contribution in [1.82, 2.24) is 9.97 Å². The van der Waals surface area contributed by atoms with E-state index in [0.29, 0.717) is 6.04 Å². The first-order chi connectivity index (χ1) is 7.92. The van der Waals surface area contributed by atoms with E-state index < -0.39 is 0 Å². The highest BCUT2D eigenvalue weighted by atomic mass is 14.9. The third-order valence-corrected chi connectivity index (χ3v) is 3.17. The molecule has 0 bridgehead atoms. The van der Waals surface area contributed by atoms with Crippen LogP contribution in [-0.2, 0) is 0 Å². The van der Waals surface area contributed by atoms with Crippen molar-refractivity contribution in [3.8, 4) is 11.3 Å². The van der Waals surface area contributed by atoms with Crippen molar-refractivity contribution in [3.05, 3.63) is 36.8 Å². The summed E-state index contributed by atoms with van der Waals surface area (Å²) in [7, 11) is 0. The van der Waals surface area contributed by atoms with E-state index in [2.05, 4.69) is 39.6 Å². The van der Waals surface area contributed by atoms with Crippen LogP contribution in [-0.4, -0.2) is 16.0 Å². The fourth-order valence-electron chi connectivity index (χ4n) is 1.95. The number of aromatic nitrogens is 2. The summed E-state index contributed by atoms with van der Waals surface area (Å²) in [6, 6.07) is 9.20. The van der Waals surface area contributed by atoms with Gasteiger partial charge in [-0.15, -0.1) is 0 Å². The van der Waals surface area contributed by atoms with E-state index in [0.717, 1.165) is 5.69 Å². The molecule has 1 aromatic carbocycles. The normalized spacial score (nSPS) is 15.8. The van der Waals surface area contributed by atoms with Gasteiger partial charge >= 0.3 is 0 Å². The number of benzene rings is 1. The summed E-state index contributed by atoms with van der Waals surface area (Å²) in [5.41, 5.74) is 3.46. The number of anilines is 1. The predicted molar refractivity (Wildman–Crippen MR) is 65.3 cm³/mol. The standard InChI is InChI=1S/C13H15N3/c1-2-11(3-1)16-12-6-4-10(5-7-12)13-8-14-9-15-13/h4-9,11,16H,1-3H2,(H,14,15). The number of H-pyrrole nitrogens is 1. The molecule has 16 heavy (non-hydrogen) atoms. The number of hydrogen-bond acceptors (Lipinski definition) is 2. The van der Waals surface area contributed by atoms with E-state index in [1.165, 1.54) is 30.5 Å². The predicted octanol–water partition coefficient (Wildman–Crippen LogP) is 3.04. The summed E-state index contributed by atoms with van der Waals surface area (Å²) >= 11 is 0. The van der Waals surface area contributed by atoms with Crippen molar-refractivity contribution in [2.75, 3.05) is 5.32 Å². The van der Waals surface area contributed by atoms with E-state index >= 15 is 0 Å². The Kier molecular flexibility index (Phi) is 2.37. The van der Waals surface area contributed by atoms with Crippen molar-refractivity contribution in [1.29, 1.82) is 0 Å². The van der Waals surface area contributed by atoms with E-state index in [1.807, 2.05) is 6.20 Å². The molecule has 1 heterocycles. The van der Waals surface area contributed by atoms with Gasteiger partial charge in [-0.1, -0.05) is 12.1 Å². The average molecular weight is 213 g/mol. The van der Waals surface area contributed by atoms with Crippen molar-refractivity contribution in [2.45, 2.75) is 25.3 Å². The van der Waals surface area contributed by atoms with Crippen LogP contribution in [0.4, 0.5) is 5.69 Å². The monoisotopic (exact) mass is 213 g/mol. The van der Waals surface area contributed by atoms with Crippen molar-refractivity contribution < 1.29 is 0 Å². The van der Waals surface area contributed by atoms with Gasteiger partial charge in [0.15, 0.2) is 0 Å². The van der Waals surface area contributed by atoms with Crippen LogP contribution in [0.1, 0.15) is 19.3 Å². The van der Waals surface area contributed by atoms with Crippen LogP contribution < -0.4 is 5.32 Å². The van der Waals surface area contributed by atoms with E-state index in [1.54, 1.807) is 6.33 Å². The maximum Gasteiger partial charge on any atom is 0.0924 e. The van der Waals surface area contributed by atoms with Crippen molar-refractivity contribution in [3.63, 3.8) is 0 Å². The molecule has 1 aromatic heterocycles. The van der Waals surface area contributed by atoms with Crippen LogP contribution in [0.15, 0.2) is 36.8 Å². The van der Waals surface area contributed by atoms with Crippen LogP contribution in [0, 0.1) is 0 Å².